The predicted molar refractivity (Wildman–Crippen MR) is 112 cm³/mol. The molecule has 1 aliphatic heterocycles. The number of ether oxygens (including phenoxy) is 1. The number of hydrogen-bond acceptors (Lipinski definition) is 5. The highest BCUT2D eigenvalue weighted by atomic mass is 19.1. The molecular formula is C22H23FN4O3. The molecule has 0 saturated heterocycles. The average Bonchev–Trinajstić information content (AvgIpc) is 3.40. The van der Waals surface area contributed by atoms with Crippen molar-refractivity contribution in [3.8, 4) is 5.75 Å². The molecule has 2 amide bonds. The van der Waals surface area contributed by atoms with Gasteiger partial charge in [0.2, 0.25) is 5.91 Å². The van der Waals surface area contributed by atoms with Gasteiger partial charge in [0.1, 0.15) is 23.3 Å². The number of amides is 2. The molecule has 7 nitrogen and oxygen atoms in total. The highest BCUT2D eigenvalue weighted by Crippen LogP contribution is 2.30. The summed E-state index contributed by atoms with van der Waals surface area (Å²) < 4.78 is 19.3. The fourth-order valence-electron chi connectivity index (χ4n) is 3.75. The molecule has 1 heterocycles. The SMILES string of the molecule is NC(=O)C1CC(C(=O)Nc2ccccc2OC2CCCC2)=NN1c1ccc(F)cc1. The lowest BCUT2D eigenvalue weighted by Crippen LogP contribution is -2.39. The zero-order valence-electron chi connectivity index (χ0n) is 16.4. The largest absolute Gasteiger partial charge is 0.488 e. The molecular weight excluding hydrogens is 387 g/mol. The van der Waals surface area contributed by atoms with E-state index < -0.39 is 23.7 Å². The number of primary amides is 1. The van der Waals surface area contributed by atoms with Gasteiger partial charge in [-0.15, -0.1) is 0 Å². The van der Waals surface area contributed by atoms with Crippen molar-refractivity contribution in [1.29, 1.82) is 0 Å². The van der Waals surface area contributed by atoms with Gasteiger partial charge in [-0.25, -0.2) is 4.39 Å². The first kappa shape index (κ1) is 19.9. The van der Waals surface area contributed by atoms with E-state index in [4.69, 9.17) is 10.5 Å². The minimum Gasteiger partial charge on any atom is -0.488 e. The number of carbonyl (C=O) groups is 2. The monoisotopic (exact) mass is 410 g/mol. The summed E-state index contributed by atoms with van der Waals surface area (Å²) >= 11 is 0. The summed E-state index contributed by atoms with van der Waals surface area (Å²) in [5.41, 5.74) is 6.70. The fourth-order valence-corrected chi connectivity index (χ4v) is 3.75. The van der Waals surface area contributed by atoms with Crippen molar-refractivity contribution >= 4 is 28.9 Å². The van der Waals surface area contributed by atoms with Crippen LogP contribution in [0.3, 0.4) is 0 Å². The third-order valence-corrected chi connectivity index (χ3v) is 5.32. The number of rotatable bonds is 6. The quantitative estimate of drug-likeness (QED) is 0.764. The van der Waals surface area contributed by atoms with Crippen LogP contribution in [0.2, 0.25) is 0 Å². The van der Waals surface area contributed by atoms with Gasteiger partial charge < -0.3 is 15.8 Å². The topological polar surface area (TPSA) is 97.0 Å². The Morgan fingerprint density at radius 2 is 1.80 bits per heavy atom. The third kappa shape index (κ3) is 4.27. The molecule has 1 atom stereocenters. The first-order chi connectivity index (χ1) is 14.5. The summed E-state index contributed by atoms with van der Waals surface area (Å²) in [5.74, 6) is -0.850. The first-order valence-corrected chi connectivity index (χ1v) is 10.00. The Bertz CT molecular complexity index is 971. The number of nitrogens with two attached hydrogens (primary N) is 1. The summed E-state index contributed by atoms with van der Waals surface area (Å²) in [5, 5.41) is 8.49. The molecule has 156 valence electrons. The average molecular weight is 410 g/mol. The normalized spacial score (nSPS) is 18.9. The lowest BCUT2D eigenvalue weighted by Gasteiger charge is -2.20. The summed E-state index contributed by atoms with van der Waals surface area (Å²) in [7, 11) is 0. The molecule has 2 aromatic carbocycles. The number of halogens is 1. The van der Waals surface area contributed by atoms with Gasteiger partial charge in [0.25, 0.3) is 5.91 Å². The molecule has 0 bridgehead atoms. The molecule has 0 radical (unpaired) electrons. The van der Waals surface area contributed by atoms with Crippen LogP contribution in [-0.2, 0) is 9.59 Å². The number of benzene rings is 2. The number of hydrazone groups is 1. The van der Waals surface area contributed by atoms with E-state index in [0.717, 1.165) is 25.7 Å². The molecule has 30 heavy (non-hydrogen) atoms. The second-order valence-electron chi connectivity index (χ2n) is 7.46. The summed E-state index contributed by atoms with van der Waals surface area (Å²) in [6.07, 6.45) is 4.50. The molecule has 1 saturated carbocycles. The molecule has 4 rings (SSSR count). The van der Waals surface area contributed by atoms with Crippen molar-refractivity contribution in [2.75, 3.05) is 10.3 Å². The van der Waals surface area contributed by atoms with Crippen molar-refractivity contribution in [3.05, 3.63) is 54.3 Å². The first-order valence-electron chi connectivity index (χ1n) is 10.00. The molecule has 2 aliphatic rings. The van der Waals surface area contributed by atoms with E-state index in [2.05, 4.69) is 10.4 Å². The molecule has 2 aromatic rings. The van der Waals surface area contributed by atoms with Crippen molar-refractivity contribution in [2.24, 2.45) is 10.8 Å². The Kier molecular flexibility index (Phi) is 5.65. The number of hydrogen-bond donors (Lipinski definition) is 2. The van der Waals surface area contributed by atoms with Gasteiger partial charge >= 0.3 is 0 Å². The number of nitrogens with zero attached hydrogens (tertiary/aromatic N) is 2. The van der Waals surface area contributed by atoms with Crippen LogP contribution in [-0.4, -0.2) is 29.7 Å². The van der Waals surface area contributed by atoms with Crippen molar-refractivity contribution in [2.45, 2.75) is 44.2 Å². The Hall–Kier alpha value is -3.42. The Morgan fingerprint density at radius 3 is 2.50 bits per heavy atom. The summed E-state index contributed by atoms with van der Waals surface area (Å²) in [4.78, 5) is 24.8. The Labute approximate surface area is 173 Å². The molecule has 8 heteroatoms. The van der Waals surface area contributed by atoms with Gasteiger partial charge in [-0.2, -0.15) is 5.10 Å². The lowest BCUT2D eigenvalue weighted by atomic mass is 10.1. The van der Waals surface area contributed by atoms with Crippen LogP contribution in [0, 0.1) is 5.82 Å². The van der Waals surface area contributed by atoms with Crippen molar-refractivity contribution < 1.29 is 18.7 Å². The Morgan fingerprint density at radius 1 is 1.10 bits per heavy atom. The standard InChI is InChI=1S/C22H23FN4O3/c23-14-9-11-15(12-10-14)27-19(21(24)28)13-18(26-27)22(29)25-17-7-3-4-8-20(17)30-16-5-1-2-6-16/h3-4,7-12,16,19H,1-2,5-6,13H2,(H2,24,28)(H,25,29). The van der Waals surface area contributed by atoms with Crippen LogP contribution in [0.5, 0.6) is 5.75 Å². The van der Waals surface area contributed by atoms with Gasteiger partial charge in [0, 0.05) is 6.42 Å². The number of para-hydroxylation sites is 2. The zero-order valence-corrected chi connectivity index (χ0v) is 16.4. The lowest BCUT2D eigenvalue weighted by molar-refractivity contribution is -0.119. The van der Waals surface area contributed by atoms with Crippen LogP contribution < -0.4 is 20.8 Å². The maximum absolute atomic E-state index is 13.2. The zero-order chi connectivity index (χ0) is 21.1. The van der Waals surface area contributed by atoms with E-state index in [1.807, 2.05) is 18.2 Å². The van der Waals surface area contributed by atoms with Gasteiger partial charge in [-0.1, -0.05) is 12.1 Å². The highest BCUT2D eigenvalue weighted by Gasteiger charge is 2.35. The maximum atomic E-state index is 13.2. The molecule has 1 fully saturated rings. The minimum atomic E-state index is -0.818. The van der Waals surface area contributed by atoms with Crippen LogP contribution in [0.4, 0.5) is 15.8 Å². The van der Waals surface area contributed by atoms with Crippen LogP contribution in [0.15, 0.2) is 53.6 Å². The third-order valence-electron chi connectivity index (χ3n) is 5.32. The molecule has 0 aromatic heterocycles. The predicted octanol–water partition coefficient (Wildman–Crippen LogP) is 3.21. The van der Waals surface area contributed by atoms with Crippen LogP contribution in [0.1, 0.15) is 32.1 Å². The maximum Gasteiger partial charge on any atom is 0.272 e. The van der Waals surface area contributed by atoms with Gasteiger partial charge in [-0.3, -0.25) is 14.6 Å². The summed E-state index contributed by atoms with van der Waals surface area (Å²) in [6.45, 7) is 0. The number of nitrogens with one attached hydrogen (secondary N) is 1. The Balaban J connectivity index is 1.52. The smallest absolute Gasteiger partial charge is 0.272 e. The van der Waals surface area contributed by atoms with E-state index in [-0.39, 0.29) is 18.2 Å². The highest BCUT2D eigenvalue weighted by molar-refractivity contribution is 6.44. The fraction of sp³-hybridized carbons (Fsp3) is 0.318. The second-order valence-corrected chi connectivity index (χ2v) is 7.46. The molecule has 1 aliphatic carbocycles. The number of carbonyl (C=O) groups excluding carboxylic acids is 2. The van der Waals surface area contributed by atoms with E-state index in [1.54, 1.807) is 6.07 Å². The van der Waals surface area contributed by atoms with E-state index >= 15 is 0 Å². The molecule has 0 spiro atoms. The van der Waals surface area contributed by atoms with Gasteiger partial charge in [0.15, 0.2) is 0 Å². The van der Waals surface area contributed by atoms with E-state index in [9.17, 15) is 14.0 Å². The molecule has 1 unspecified atom stereocenters. The molecule has 3 N–H and O–H groups in total. The van der Waals surface area contributed by atoms with Gasteiger partial charge in [-0.05, 0) is 62.1 Å². The summed E-state index contributed by atoms with van der Waals surface area (Å²) in [6, 6.07) is 11.9. The van der Waals surface area contributed by atoms with Crippen molar-refractivity contribution in [1.82, 2.24) is 0 Å². The van der Waals surface area contributed by atoms with Crippen molar-refractivity contribution in [3.63, 3.8) is 0 Å². The minimum absolute atomic E-state index is 0.0597. The second kappa shape index (κ2) is 8.52. The van der Waals surface area contributed by atoms with E-state index in [0.29, 0.717) is 17.1 Å². The van der Waals surface area contributed by atoms with E-state index in [1.165, 1.54) is 29.3 Å². The van der Waals surface area contributed by atoms with Crippen LogP contribution in [0.25, 0.3) is 0 Å². The van der Waals surface area contributed by atoms with Gasteiger partial charge in [0.05, 0.1) is 17.5 Å². The van der Waals surface area contributed by atoms with Crippen LogP contribution >= 0.6 is 0 Å². The number of anilines is 2.